The van der Waals surface area contributed by atoms with Gasteiger partial charge in [0.2, 0.25) is 5.69 Å². The maximum absolute atomic E-state index is 12.9. The van der Waals surface area contributed by atoms with E-state index in [2.05, 4.69) is 9.97 Å². The van der Waals surface area contributed by atoms with Gasteiger partial charge in [-0.2, -0.15) is 5.26 Å². The second-order valence-corrected chi connectivity index (χ2v) is 6.33. The van der Waals surface area contributed by atoms with Crippen LogP contribution in [0, 0.1) is 11.3 Å². The summed E-state index contributed by atoms with van der Waals surface area (Å²) in [6, 6.07) is 9.89. The predicted octanol–water partition coefficient (Wildman–Crippen LogP) is 1.64. The molecule has 2 aromatic rings. The van der Waals surface area contributed by atoms with E-state index in [9.17, 15) is 4.79 Å². The summed E-state index contributed by atoms with van der Waals surface area (Å²) in [5.41, 5.74) is 2.28. The van der Waals surface area contributed by atoms with Crippen molar-refractivity contribution >= 4 is 5.91 Å². The molecule has 0 bridgehead atoms. The van der Waals surface area contributed by atoms with Crippen molar-refractivity contribution in [3.63, 3.8) is 0 Å². The molecule has 1 aromatic heterocycles. The van der Waals surface area contributed by atoms with Crippen LogP contribution in [0.5, 0.6) is 5.88 Å². The minimum Gasteiger partial charge on any atom is -0.470 e. The Morgan fingerprint density at radius 2 is 2.15 bits per heavy atom. The molecule has 0 aliphatic carbocycles. The molecule has 0 radical (unpaired) electrons. The van der Waals surface area contributed by atoms with Gasteiger partial charge < -0.3 is 14.4 Å². The fourth-order valence-corrected chi connectivity index (χ4v) is 3.43. The Morgan fingerprint density at radius 3 is 3.04 bits per heavy atom. The molecule has 3 heterocycles. The smallest absolute Gasteiger partial charge is 0.256 e. The number of nitriles is 1. The highest BCUT2D eigenvalue weighted by molar-refractivity contribution is 5.83. The number of ether oxygens (including phenoxy) is 2. The number of amides is 1. The van der Waals surface area contributed by atoms with Crippen LogP contribution in [0.3, 0.4) is 0 Å². The van der Waals surface area contributed by atoms with Crippen LogP contribution in [-0.4, -0.2) is 46.6 Å². The maximum atomic E-state index is 12.9. The molecule has 2 atom stereocenters. The first-order chi connectivity index (χ1) is 12.8. The Bertz CT molecular complexity index is 864. The van der Waals surface area contributed by atoms with Gasteiger partial charge in [0.25, 0.3) is 11.8 Å². The minimum atomic E-state index is -0.551. The predicted molar refractivity (Wildman–Crippen MR) is 91.2 cm³/mol. The number of carbonyl (C=O) groups excluding carboxylic acids is 1. The molecule has 4 rings (SSSR count). The summed E-state index contributed by atoms with van der Waals surface area (Å²) >= 11 is 0. The van der Waals surface area contributed by atoms with Gasteiger partial charge in [-0.05, 0) is 17.5 Å². The van der Waals surface area contributed by atoms with Gasteiger partial charge in [0.15, 0.2) is 6.10 Å². The van der Waals surface area contributed by atoms with Crippen LogP contribution in [0.25, 0.3) is 0 Å². The van der Waals surface area contributed by atoms with Crippen molar-refractivity contribution in [2.45, 2.75) is 25.0 Å². The third-order valence-electron chi connectivity index (χ3n) is 4.72. The number of rotatable bonds is 3. The molecule has 2 aliphatic rings. The second kappa shape index (κ2) is 7.10. The molecular formula is C19H18N4O3. The van der Waals surface area contributed by atoms with Crippen LogP contribution in [0.2, 0.25) is 0 Å². The maximum Gasteiger partial charge on any atom is 0.256 e. The zero-order chi connectivity index (χ0) is 17.9. The average Bonchev–Trinajstić information content (AvgIpc) is 3.16. The summed E-state index contributed by atoms with van der Waals surface area (Å²) in [6.45, 7) is 1.59. The van der Waals surface area contributed by atoms with Crippen molar-refractivity contribution in [2.24, 2.45) is 0 Å². The molecule has 0 unspecified atom stereocenters. The van der Waals surface area contributed by atoms with Gasteiger partial charge in [0.1, 0.15) is 12.2 Å². The minimum absolute atomic E-state index is 0.0390. The highest BCUT2D eigenvalue weighted by Gasteiger charge is 2.35. The fourth-order valence-electron chi connectivity index (χ4n) is 3.43. The number of hydrogen-bond donors (Lipinski definition) is 0. The molecule has 0 saturated carbocycles. The lowest BCUT2D eigenvalue weighted by atomic mass is 9.97. The molecule has 2 aliphatic heterocycles. The number of fused-ring (bicyclic) bond motifs is 1. The summed E-state index contributed by atoms with van der Waals surface area (Å²) < 4.78 is 11.6. The molecule has 132 valence electrons. The van der Waals surface area contributed by atoms with Crippen molar-refractivity contribution in [3.05, 3.63) is 53.5 Å². The summed E-state index contributed by atoms with van der Waals surface area (Å²) in [4.78, 5) is 22.7. The van der Waals surface area contributed by atoms with Crippen LogP contribution in [-0.2, 0) is 16.0 Å². The zero-order valence-electron chi connectivity index (χ0n) is 14.2. The number of aromatic nitrogens is 2. The molecular weight excluding hydrogens is 332 g/mol. The quantitative estimate of drug-likeness (QED) is 0.836. The van der Waals surface area contributed by atoms with E-state index in [0.717, 1.165) is 12.0 Å². The Morgan fingerprint density at radius 1 is 1.31 bits per heavy atom. The standard InChI is InChI=1S/C19H18N4O3/c20-11-16-18(22-8-7-21-16)26-14-5-9-23(12-14)19(24)17-15-4-2-1-3-13(15)6-10-25-17/h1-4,7-8,14,17H,5-6,9-10,12H2/t14-,17+/m1/s1. The first kappa shape index (κ1) is 16.5. The van der Waals surface area contributed by atoms with Gasteiger partial charge in [-0.1, -0.05) is 24.3 Å². The lowest BCUT2D eigenvalue weighted by molar-refractivity contribution is -0.144. The van der Waals surface area contributed by atoms with Crippen molar-refractivity contribution in [1.82, 2.24) is 14.9 Å². The molecule has 0 N–H and O–H groups in total. The summed E-state index contributed by atoms with van der Waals surface area (Å²) in [7, 11) is 0. The normalized spacial score (nSPS) is 21.7. The van der Waals surface area contributed by atoms with Crippen LogP contribution >= 0.6 is 0 Å². The highest BCUT2D eigenvalue weighted by Crippen LogP contribution is 2.30. The van der Waals surface area contributed by atoms with Gasteiger partial charge in [0.05, 0.1) is 13.2 Å². The van der Waals surface area contributed by atoms with Gasteiger partial charge >= 0.3 is 0 Å². The Kier molecular flexibility index (Phi) is 4.50. The van der Waals surface area contributed by atoms with Crippen molar-refractivity contribution in [2.75, 3.05) is 19.7 Å². The largest absolute Gasteiger partial charge is 0.470 e. The first-order valence-electron chi connectivity index (χ1n) is 8.62. The third kappa shape index (κ3) is 3.11. The van der Waals surface area contributed by atoms with Gasteiger partial charge in [-0.3, -0.25) is 4.79 Å². The first-order valence-corrected chi connectivity index (χ1v) is 8.62. The van der Waals surface area contributed by atoms with E-state index < -0.39 is 6.10 Å². The molecule has 26 heavy (non-hydrogen) atoms. The number of nitrogens with zero attached hydrogens (tertiary/aromatic N) is 4. The summed E-state index contributed by atoms with van der Waals surface area (Å²) in [6.07, 6.45) is 3.69. The number of benzene rings is 1. The Hall–Kier alpha value is -2.98. The van der Waals surface area contributed by atoms with Crippen LogP contribution < -0.4 is 4.74 Å². The zero-order valence-corrected chi connectivity index (χ0v) is 14.2. The molecule has 1 saturated heterocycles. The monoisotopic (exact) mass is 350 g/mol. The van der Waals surface area contributed by atoms with Crippen molar-refractivity contribution < 1.29 is 14.3 Å². The molecule has 1 fully saturated rings. The van der Waals surface area contributed by atoms with E-state index in [0.29, 0.717) is 26.1 Å². The van der Waals surface area contributed by atoms with E-state index in [4.69, 9.17) is 14.7 Å². The number of carbonyl (C=O) groups is 1. The molecule has 7 nitrogen and oxygen atoms in total. The van der Waals surface area contributed by atoms with Gasteiger partial charge in [0, 0.05) is 25.4 Å². The molecule has 1 amide bonds. The lowest BCUT2D eigenvalue weighted by Crippen LogP contribution is -2.37. The van der Waals surface area contributed by atoms with Crippen molar-refractivity contribution in [1.29, 1.82) is 5.26 Å². The summed E-state index contributed by atoms with van der Waals surface area (Å²) in [5.74, 6) is 0.177. The lowest BCUT2D eigenvalue weighted by Gasteiger charge is -2.28. The van der Waals surface area contributed by atoms with E-state index in [-0.39, 0.29) is 23.6 Å². The number of likely N-dealkylation sites (tertiary alicyclic amines) is 1. The van der Waals surface area contributed by atoms with Crippen LogP contribution in [0.1, 0.15) is 29.3 Å². The van der Waals surface area contributed by atoms with Crippen molar-refractivity contribution in [3.8, 4) is 11.9 Å². The van der Waals surface area contributed by atoms with E-state index in [1.807, 2.05) is 30.3 Å². The van der Waals surface area contributed by atoms with E-state index >= 15 is 0 Å². The molecule has 1 aromatic carbocycles. The number of hydrogen-bond acceptors (Lipinski definition) is 6. The van der Waals surface area contributed by atoms with Gasteiger partial charge in [-0.25, -0.2) is 9.97 Å². The van der Waals surface area contributed by atoms with E-state index in [1.165, 1.54) is 18.0 Å². The van der Waals surface area contributed by atoms with E-state index in [1.54, 1.807) is 4.90 Å². The summed E-state index contributed by atoms with van der Waals surface area (Å²) in [5, 5.41) is 9.08. The van der Waals surface area contributed by atoms with Gasteiger partial charge in [-0.15, -0.1) is 0 Å². The topological polar surface area (TPSA) is 88.3 Å². The second-order valence-electron chi connectivity index (χ2n) is 6.33. The molecule has 0 spiro atoms. The molecule has 7 heteroatoms. The average molecular weight is 350 g/mol. The highest BCUT2D eigenvalue weighted by atomic mass is 16.5. The third-order valence-corrected chi connectivity index (χ3v) is 4.72. The van der Waals surface area contributed by atoms with Crippen LogP contribution in [0.15, 0.2) is 36.7 Å². The Balaban J connectivity index is 1.45. The Labute approximate surface area is 151 Å². The SMILES string of the molecule is N#Cc1nccnc1O[C@@H]1CCN(C(=O)[C@H]2OCCc3ccccc32)C1. The fraction of sp³-hybridized carbons (Fsp3) is 0.368. The van der Waals surface area contributed by atoms with Crippen LogP contribution in [0.4, 0.5) is 0 Å².